The van der Waals surface area contributed by atoms with Crippen molar-refractivity contribution in [1.29, 1.82) is 0 Å². The Bertz CT molecular complexity index is 351. The Labute approximate surface area is 149 Å². The molecule has 2 unspecified atom stereocenters. The highest BCUT2D eigenvalue weighted by Gasteiger charge is 2.32. The molecule has 3 aliphatic rings. The molecule has 8 heteroatoms. The van der Waals surface area contributed by atoms with Crippen molar-refractivity contribution in [1.82, 2.24) is 15.1 Å². The minimum atomic E-state index is 0. The molecule has 1 amide bonds. The largest absolute Gasteiger partial charge is 0.376 e. The molecule has 3 heterocycles. The molecule has 0 aromatic rings. The number of carbonyl (C=O) groups is 1. The first kappa shape index (κ1) is 20.3. The van der Waals surface area contributed by atoms with Gasteiger partial charge in [0.1, 0.15) is 0 Å². The minimum Gasteiger partial charge on any atom is -0.376 e. The molecule has 130 valence electrons. The van der Waals surface area contributed by atoms with Gasteiger partial charge >= 0.3 is 0 Å². The zero-order chi connectivity index (χ0) is 13.9. The summed E-state index contributed by atoms with van der Waals surface area (Å²) in [6.07, 6.45) is 2.57. The number of nitrogens with one attached hydrogen (secondary N) is 1. The van der Waals surface area contributed by atoms with Crippen molar-refractivity contribution in [2.24, 2.45) is 0 Å². The number of morpholine rings is 1. The van der Waals surface area contributed by atoms with Crippen LogP contribution in [0, 0.1) is 0 Å². The summed E-state index contributed by atoms with van der Waals surface area (Å²) < 4.78 is 5.61. The molecule has 0 radical (unpaired) electrons. The Hall–Kier alpha value is 0.280. The number of amides is 1. The second-order valence-electron chi connectivity index (χ2n) is 6.00. The van der Waals surface area contributed by atoms with Crippen LogP contribution in [0.1, 0.15) is 19.8 Å². The first-order valence-corrected chi connectivity index (χ1v) is 8.85. The molecule has 1 N–H and O–H groups in total. The quantitative estimate of drug-likeness (QED) is 0.790. The molecular weight excluding hydrogens is 345 g/mol. The third-order valence-corrected chi connectivity index (χ3v) is 5.52. The van der Waals surface area contributed by atoms with Crippen LogP contribution in [0.15, 0.2) is 0 Å². The lowest BCUT2D eigenvalue weighted by atomic mass is 10.0. The topological polar surface area (TPSA) is 44.8 Å². The van der Waals surface area contributed by atoms with Crippen molar-refractivity contribution in [3.63, 3.8) is 0 Å². The molecule has 3 rings (SSSR count). The molecule has 0 aromatic heterocycles. The maximum atomic E-state index is 12.4. The van der Waals surface area contributed by atoms with E-state index in [-0.39, 0.29) is 30.9 Å². The Balaban J connectivity index is 0.00000121. The standard InChI is InChI=1S/C14H25N3O2S.2ClH/c1-11-8-17(6-7-19-11)12-2-4-16(5-3-12)14(18)13-9-20-10-15-13;;/h11-13,15H,2-10H2,1H3;2*1H. The molecule has 0 spiro atoms. The number of likely N-dealkylation sites (tertiary alicyclic amines) is 1. The SMILES string of the molecule is CC1CN(C2CCN(C(=O)C3CSCN3)CC2)CCO1.Cl.Cl. The van der Waals surface area contributed by atoms with Crippen molar-refractivity contribution in [2.45, 2.75) is 38.0 Å². The molecule has 5 nitrogen and oxygen atoms in total. The van der Waals surface area contributed by atoms with Gasteiger partial charge in [0.2, 0.25) is 5.91 Å². The summed E-state index contributed by atoms with van der Waals surface area (Å²) >= 11 is 1.82. The van der Waals surface area contributed by atoms with Gasteiger partial charge in [-0.15, -0.1) is 36.6 Å². The first-order chi connectivity index (χ1) is 9.74. The molecule has 3 fully saturated rings. The number of ether oxygens (including phenoxy) is 1. The van der Waals surface area contributed by atoms with Crippen LogP contribution in [0.5, 0.6) is 0 Å². The monoisotopic (exact) mass is 371 g/mol. The van der Waals surface area contributed by atoms with Gasteiger partial charge in [-0.3, -0.25) is 15.0 Å². The molecule has 2 atom stereocenters. The predicted molar refractivity (Wildman–Crippen MR) is 95.3 cm³/mol. The van der Waals surface area contributed by atoms with Gasteiger partial charge in [-0.1, -0.05) is 0 Å². The van der Waals surface area contributed by atoms with E-state index in [0.717, 1.165) is 57.3 Å². The molecule has 3 saturated heterocycles. The molecule has 22 heavy (non-hydrogen) atoms. The van der Waals surface area contributed by atoms with E-state index in [9.17, 15) is 4.79 Å². The number of nitrogens with zero attached hydrogens (tertiary/aromatic N) is 2. The zero-order valence-corrected chi connectivity index (χ0v) is 15.5. The smallest absolute Gasteiger partial charge is 0.240 e. The Morgan fingerprint density at radius 1 is 1.23 bits per heavy atom. The maximum absolute atomic E-state index is 12.4. The van der Waals surface area contributed by atoms with Gasteiger partial charge in [-0.25, -0.2) is 0 Å². The van der Waals surface area contributed by atoms with Crippen LogP contribution in [-0.4, -0.2) is 78.3 Å². The van der Waals surface area contributed by atoms with Gasteiger partial charge in [0, 0.05) is 43.9 Å². The third-order valence-electron chi connectivity index (χ3n) is 4.58. The Kier molecular flexibility index (Phi) is 8.82. The highest BCUT2D eigenvalue weighted by atomic mass is 35.5. The van der Waals surface area contributed by atoms with Crippen molar-refractivity contribution in [2.75, 3.05) is 44.4 Å². The third kappa shape index (κ3) is 4.89. The molecule has 0 aliphatic carbocycles. The van der Waals surface area contributed by atoms with Crippen LogP contribution in [0.25, 0.3) is 0 Å². The molecule has 3 aliphatic heterocycles. The number of rotatable bonds is 2. The van der Waals surface area contributed by atoms with E-state index >= 15 is 0 Å². The summed E-state index contributed by atoms with van der Waals surface area (Å²) in [7, 11) is 0. The average Bonchev–Trinajstić information content (AvgIpc) is 3.01. The van der Waals surface area contributed by atoms with Crippen LogP contribution >= 0.6 is 36.6 Å². The minimum absolute atomic E-state index is 0. The van der Waals surface area contributed by atoms with Crippen molar-refractivity contribution >= 4 is 42.5 Å². The van der Waals surface area contributed by atoms with E-state index in [1.165, 1.54) is 0 Å². The molecular formula is C14H27Cl2N3O2S. The average molecular weight is 372 g/mol. The molecule has 0 saturated carbocycles. The fourth-order valence-electron chi connectivity index (χ4n) is 3.40. The van der Waals surface area contributed by atoms with Gasteiger partial charge in [-0.05, 0) is 19.8 Å². The highest BCUT2D eigenvalue weighted by molar-refractivity contribution is 7.99. The summed E-state index contributed by atoms with van der Waals surface area (Å²) in [5.74, 6) is 2.15. The maximum Gasteiger partial charge on any atom is 0.240 e. The van der Waals surface area contributed by atoms with Gasteiger partial charge in [-0.2, -0.15) is 0 Å². The number of halogens is 2. The Morgan fingerprint density at radius 2 is 1.95 bits per heavy atom. The van der Waals surface area contributed by atoms with E-state index in [4.69, 9.17) is 4.74 Å². The number of thioether (sulfide) groups is 1. The van der Waals surface area contributed by atoms with Crippen molar-refractivity contribution in [3.05, 3.63) is 0 Å². The van der Waals surface area contributed by atoms with Gasteiger partial charge < -0.3 is 9.64 Å². The lowest BCUT2D eigenvalue weighted by molar-refractivity contribution is -0.134. The van der Waals surface area contributed by atoms with Crippen LogP contribution in [0.3, 0.4) is 0 Å². The lowest BCUT2D eigenvalue weighted by Gasteiger charge is -2.42. The lowest BCUT2D eigenvalue weighted by Crippen LogP contribution is -2.54. The van der Waals surface area contributed by atoms with Crippen molar-refractivity contribution < 1.29 is 9.53 Å². The zero-order valence-electron chi connectivity index (χ0n) is 13.0. The van der Waals surface area contributed by atoms with Crippen LogP contribution < -0.4 is 5.32 Å². The number of piperidine rings is 1. The Morgan fingerprint density at radius 3 is 2.55 bits per heavy atom. The van der Waals surface area contributed by atoms with Gasteiger partial charge in [0.25, 0.3) is 0 Å². The van der Waals surface area contributed by atoms with Crippen LogP contribution in [0.4, 0.5) is 0 Å². The first-order valence-electron chi connectivity index (χ1n) is 7.69. The van der Waals surface area contributed by atoms with E-state index in [2.05, 4.69) is 22.0 Å². The normalized spacial score (nSPS) is 30.5. The van der Waals surface area contributed by atoms with Crippen LogP contribution in [0.2, 0.25) is 0 Å². The van der Waals surface area contributed by atoms with Crippen molar-refractivity contribution in [3.8, 4) is 0 Å². The highest BCUT2D eigenvalue weighted by Crippen LogP contribution is 2.21. The summed E-state index contributed by atoms with van der Waals surface area (Å²) in [4.78, 5) is 17.0. The number of hydrogen-bond donors (Lipinski definition) is 1. The van der Waals surface area contributed by atoms with Gasteiger partial charge in [0.05, 0.1) is 18.8 Å². The second kappa shape index (κ2) is 9.55. The summed E-state index contributed by atoms with van der Waals surface area (Å²) in [6, 6.07) is 0.691. The van der Waals surface area contributed by atoms with E-state index in [0.29, 0.717) is 18.1 Å². The van der Waals surface area contributed by atoms with Crippen LogP contribution in [-0.2, 0) is 9.53 Å². The molecule has 0 aromatic carbocycles. The second-order valence-corrected chi connectivity index (χ2v) is 7.03. The van der Waals surface area contributed by atoms with E-state index in [1.807, 2.05) is 11.8 Å². The fourth-order valence-corrected chi connectivity index (χ4v) is 4.34. The van der Waals surface area contributed by atoms with E-state index < -0.39 is 0 Å². The summed E-state index contributed by atoms with van der Waals surface area (Å²) in [6.45, 7) is 6.91. The summed E-state index contributed by atoms with van der Waals surface area (Å²) in [5, 5.41) is 3.28. The predicted octanol–water partition coefficient (Wildman–Crippen LogP) is 1.20. The van der Waals surface area contributed by atoms with E-state index in [1.54, 1.807) is 0 Å². The summed E-state index contributed by atoms with van der Waals surface area (Å²) in [5.41, 5.74) is 0. The molecule has 0 bridgehead atoms. The van der Waals surface area contributed by atoms with Gasteiger partial charge in [0.15, 0.2) is 0 Å². The number of hydrogen-bond acceptors (Lipinski definition) is 5. The number of carbonyl (C=O) groups excluding carboxylic acids is 1. The fraction of sp³-hybridized carbons (Fsp3) is 0.929.